The summed E-state index contributed by atoms with van der Waals surface area (Å²) in [6.07, 6.45) is 2.79. The van der Waals surface area contributed by atoms with Gasteiger partial charge in [-0.15, -0.1) is 0 Å². The van der Waals surface area contributed by atoms with Crippen molar-refractivity contribution in [1.29, 1.82) is 0 Å². The fourth-order valence-corrected chi connectivity index (χ4v) is 3.25. The number of esters is 1. The zero-order chi connectivity index (χ0) is 24.2. The number of amides is 1. The van der Waals surface area contributed by atoms with E-state index >= 15 is 0 Å². The lowest BCUT2D eigenvalue weighted by molar-refractivity contribution is -0.134. The largest absolute Gasteiger partial charge is 0.490 e. The highest BCUT2D eigenvalue weighted by atomic mass is 16.5. The van der Waals surface area contributed by atoms with E-state index < -0.39 is 0 Å². The number of hydrogen-bond donors (Lipinski definition) is 1. The minimum Gasteiger partial charge on any atom is -0.490 e. The quantitative estimate of drug-likeness (QED) is 0.202. The lowest BCUT2D eigenvalue weighted by atomic mass is 10.1. The number of aryl methyl sites for hydroxylation is 1. The highest BCUT2D eigenvalue weighted by Gasteiger charge is 2.11. The normalized spacial score (nSPS) is 10.4. The Hall–Kier alpha value is -3.80. The van der Waals surface area contributed by atoms with E-state index in [-0.39, 0.29) is 18.3 Å². The van der Waals surface area contributed by atoms with E-state index in [9.17, 15) is 9.59 Å². The Kier molecular flexibility index (Phi) is 9.52. The Morgan fingerprint density at radius 1 is 0.853 bits per heavy atom. The Balaban J connectivity index is 1.51. The molecule has 1 N–H and O–H groups in total. The number of rotatable bonds is 12. The molecule has 0 fully saturated rings. The molecule has 6 heteroatoms. The van der Waals surface area contributed by atoms with Crippen molar-refractivity contribution in [3.05, 3.63) is 83.9 Å². The van der Waals surface area contributed by atoms with Gasteiger partial charge in [-0.25, -0.2) is 0 Å². The fraction of sp³-hybridized carbons (Fsp3) is 0.286. The van der Waals surface area contributed by atoms with Gasteiger partial charge in [-0.05, 0) is 73.9 Å². The van der Waals surface area contributed by atoms with Crippen molar-refractivity contribution >= 4 is 17.6 Å². The number of benzene rings is 3. The fourth-order valence-electron chi connectivity index (χ4n) is 3.25. The molecule has 3 aromatic carbocycles. The van der Waals surface area contributed by atoms with Crippen LogP contribution in [0, 0.1) is 0 Å². The second-order valence-corrected chi connectivity index (χ2v) is 7.73. The van der Waals surface area contributed by atoms with Gasteiger partial charge in [-0.1, -0.05) is 37.6 Å². The van der Waals surface area contributed by atoms with Crippen molar-refractivity contribution < 1.29 is 23.8 Å². The van der Waals surface area contributed by atoms with Crippen molar-refractivity contribution in [3.8, 4) is 17.2 Å². The molecule has 3 rings (SSSR count). The van der Waals surface area contributed by atoms with E-state index in [1.807, 2.05) is 55.5 Å². The van der Waals surface area contributed by atoms with Crippen LogP contribution < -0.4 is 19.5 Å². The molecule has 1 amide bonds. The molecular weight excluding hydrogens is 430 g/mol. The van der Waals surface area contributed by atoms with Gasteiger partial charge in [0.25, 0.3) is 5.91 Å². The molecule has 34 heavy (non-hydrogen) atoms. The molecule has 0 unspecified atom stereocenters. The van der Waals surface area contributed by atoms with E-state index in [0.717, 1.165) is 29.8 Å². The lowest BCUT2D eigenvalue weighted by Crippen LogP contribution is -2.12. The highest BCUT2D eigenvalue weighted by Crippen LogP contribution is 2.29. The molecule has 0 aliphatic heterocycles. The molecule has 0 atom stereocenters. The third-order valence-corrected chi connectivity index (χ3v) is 5.06. The van der Waals surface area contributed by atoms with E-state index in [2.05, 4.69) is 12.2 Å². The molecule has 0 saturated heterocycles. The minimum absolute atomic E-state index is 0.220. The molecule has 6 nitrogen and oxygen atoms in total. The van der Waals surface area contributed by atoms with Crippen LogP contribution in [0.1, 0.15) is 49.0 Å². The summed E-state index contributed by atoms with van der Waals surface area (Å²) in [5.74, 6) is 1.24. The Morgan fingerprint density at radius 2 is 1.62 bits per heavy atom. The van der Waals surface area contributed by atoms with E-state index in [4.69, 9.17) is 14.2 Å². The zero-order valence-corrected chi connectivity index (χ0v) is 19.7. The molecule has 0 saturated carbocycles. The molecule has 0 spiro atoms. The number of carbonyl (C=O) groups excluding carboxylic acids is 2. The summed E-state index contributed by atoms with van der Waals surface area (Å²) in [6.45, 7) is 5.23. The monoisotopic (exact) mass is 461 g/mol. The maximum Gasteiger partial charge on any atom is 0.311 e. The van der Waals surface area contributed by atoms with Crippen molar-refractivity contribution in [2.24, 2.45) is 0 Å². The molecule has 0 radical (unpaired) electrons. The van der Waals surface area contributed by atoms with Crippen LogP contribution in [0.2, 0.25) is 0 Å². The molecule has 0 bridgehead atoms. The maximum atomic E-state index is 12.3. The van der Waals surface area contributed by atoms with Crippen LogP contribution in [-0.4, -0.2) is 25.1 Å². The SMILES string of the molecule is CCCCOc1ccc(CCC(=O)Oc2ccc(C(=O)Nc3ccccc3)cc2)cc1OCC. The summed E-state index contributed by atoms with van der Waals surface area (Å²) < 4.78 is 16.9. The van der Waals surface area contributed by atoms with Gasteiger partial charge in [0.2, 0.25) is 0 Å². The summed E-state index contributed by atoms with van der Waals surface area (Å²) in [5, 5.41) is 2.82. The summed E-state index contributed by atoms with van der Waals surface area (Å²) in [7, 11) is 0. The third kappa shape index (κ3) is 7.66. The van der Waals surface area contributed by atoms with Gasteiger partial charge in [0.1, 0.15) is 5.75 Å². The number of carbonyl (C=O) groups is 2. The van der Waals surface area contributed by atoms with Crippen molar-refractivity contribution in [2.75, 3.05) is 18.5 Å². The number of nitrogens with one attached hydrogen (secondary N) is 1. The number of hydrogen-bond acceptors (Lipinski definition) is 5. The predicted octanol–water partition coefficient (Wildman–Crippen LogP) is 6.05. The van der Waals surface area contributed by atoms with Crippen LogP contribution >= 0.6 is 0 Å². The smallest absolute Gasteiger partial charge is 0.311 e. The Bertz CT molecular complexity index is 1060. The van der Waals surface area contributed by atoms with Gasteiger partial charge >= 0.3 is 5.97 Å². The van der Waals surface area contributed by atoms with Gasteiger partial charge in [-0.3, -0.25) is 9.59 Å². The number of unbranched alkanes of at least 4 members (excludes halogenated alkanes) is 1. The second kappa shape index (κ2) is 13.0. The first-order valence-electron chi connectivity index (χ1n) is 11.6. The van der Waals surface area contributed by atoms with Gasteiger partial charge in [0, 0.05) is 17.7 Å². The summed E-state index contributed by atoms with van der Waals surface area (Å²) in [4.78, 5) is 24.7. The maximum absolute atomic E-state index is 12.3. The van der Waals surface area contributed by atoms with Gasteiger partial charge in [0.15, 0.2) is 11.5 Å². The lowest BCUT2D eigenvalue weighted by Gasteiger charge is -2.13. The predicted molar refractivity (Wildman–Crippen MR) is 133 cm³/mol. The van der Waals surface area contributed by atoms with Gasteiger partial charge in [0.05, 0.1) is 13.2 Å². The first-order valence-corrected chi connectivity index (χ1v) is 11.6. The van der Waals surface area contributed by atoms with Crippen LogP contribution in [0.3, 0.4) is 0 Å². The number of ether oxygens (including phenoxy) is 3. The van der Waals surface area contributed by atoms with Crippen molar-refractivity contribution in [1.82, 2.24) is 0 Å². The topological polar surface area (TPSA) is 73.9 Å². The zero-order valence-electron chi connectivity index (χ0n) is 19.7. The van der Waals surface area contributed by atoms with Gasteiger partial charge < -0.3 is 19.5 Å². The average molecular weight is 462 g/mol. The second-order valence-electron chi connectivity index (χ2n) is 7.73. The summed E-state index contributed by atoms with van der Waals surface area (Å²) in [5.41, 5.74) is 2.17. The highest BCUT2D eigenvalue weighted by molar-refractivity contribution is 6.04. The van der Waals surface area contributed by atoms with Crippen molar-refractivity contribution in [2.45, 2.75) is 39.5 Å². The van der Waals surface area contributed by atoms with Gasteiger partial charge in [-0.2, -0.15) is 0 Å². The molecular formula is C28H31NO5. The molecule has 3 aromatic rings. The average Bonchev–Trinajstić information content (AvgIpc) is 2.85. The van der Waals surface area contributed by atoms with E-state index in [0.29, 0.717) is 36.7 Å². The third-order valence-electron chi connectivity index (χ3n) is 5.06. The molecule has 0 aliphatic carbocycles. The summed E-state index contributed by atoms with van der Waals surface area (Å²) in [6, 6.07) is 21.5. The Morgan fingerprint density at radius 3 is 2.32 bits per heavy atom. The van der Waals surface area contributed by atoms with Crippen LogP contribution in [0.25, 0.3) is 0 Å². The number of para-hydroxylation sites is 1. The molecule has 0 aliphatic rings. The summed E-state index contributed by atoms with van der Waals surface area (Å²) >= 11 is 0. The molecule has 0 aromatic heterocycles. The Labute approximate surface area is 200 Å². The number of anilines is 1. The van der Waals surface area contributed by atoms with E-state index in [1.54, 1.807) is 24.3 Å². The van der Waals surface area contributed by atoms with Crippen LogP contribution in [-0.2, 0) is 11.2 Å². The standard InChI is InChI=1S/C28H31NO5/c1-3-5-19-33-25-17-11-21(20-26(25)32-4-2)12-18-27(30)34-24-15-13-22(14-16-24)28(31)29-23-9-7-6-8-10-23/h6-11,13-17,20H,3-5,12,18-19H2,1-2H3,(H,29,31). The van der Waals surface area contributed by atoms with Crippen molar-refractivity contribution in [3.63, 3.8) is 0 Å². The van der Waals surface area contributed by atoms with Crippen LogP contribution in [0.15, 0.2) is 72.8 Å². The minimum atomic E-state index is -0.345. The molecule has 178 valence electrons. The van der Waals surface area contributed by atoms with Crippen LogP contribution in [0.4, 0.5) is 5.69 Å². The van der Waals surface area contributed by atoms with Crippen LogP contribution in [0.5, 0.6) is 17.2 Å². The first kappa shape index (κ1) is 24.8. The molecule has 0 heterocycles. The van der Waals surface area contributed by atoms with E-state index in [1.165, 1.54) is 0 Å². The first-order chi connectivity index (χ1) is 16.6.